The maximum Gasteiger partial charge on any atom is 0.434 e. The van der Waals surface area contributed by atoms with E-state index >= 15 is 0 Å². The van der Waals surface area contributed by atoms with Crippen molar-refractivity contribution in [2.24, 2.45) is 0 Å². The molecule has 0 radical (unpaired) electrons. The Labute approximate surface area is 170 Å². The number of benzene rings is 2. The van der Waals surface area contributed by atoms with Crippen LogP contribution < -0.4 is 5.32 Å². The second kappa shape index (κ2) is 7.92. The van der Waals surface area contributed by atoms with E-state index in [1.807, 2.05) is 0 Å². The summed E-state index contributed by atoms with van der Waals surface area (Å²) in [4.78, 5) is 12.4. The molecule has 0 saturated heterocycles. The van der Waals surface area contributed by atoms with Crippen LogP contribution >= 0.6 is 27.5 Å². The number of hydrogen-bond acceptors (Lipinski definition) is 2. The van der Waals surface area contributed by atoms with E-state index in [9.17, 15) is 22.4 Å². The highest BCUT2D eigenvalue weighted by Crippen LogP contribution is 2.34. The molecule has 2 aromatic carbocycles. The lowest BCUT2D eigenvalue weighted by molar-refractivity contribution is -0.143. The van der Waals surface area contributed by atoms with E-state index in [0.717, 1.165) is 6.20 Å². The Kier molecular flexibility index (Phi) is 5.76. The van der Waals surface area contributed by atoms with Crippen molar-refractivity contribution in [1.29, 1.82) is 0 Å². The number of hydrogen-bond donors (Lipinski definition) is 1. The molecule has 0 bridgehead atoms. The predicted octanol–water partition coefficient (Wildman–Crippen LogP) is 5.38. The van der Waals surface area contributed by atoms with Gasteiger partial charge in [-0.25, -0.2) is 9.07 Å². The van der Waals surface area contributed by atoms with Crippen LogP contribution in [0, 0.1) is 5.82 Å². The number of alkyl halides is 3. The molecule has 0 aliphatic rings. The first-order valence-electron chi connectivity index (χ1n) is 7.80. The first-order chi connectivity index (χ1) is 13.2. The van der Waals surface area contributed by atoms with Gasteiger partial charge in [0, 0.05) is 21.6 Å². The lowest BCUT2D eigenvalue weighted by Gasteiger charge is -2.13. The van der Waals surface area contributed by atoms with Crippen molar-refractivity contribution in [2.45, 2.75) is 12.7 Å². The fourth-order valence-electron chi connectivity index (χ4n) is 2.54. The first-order valence-corrected chi connectivity index (χ1v) is 8.97. The van der Waals surface area contributed by atoms with Gasteiger partial charge in [0.25, 0.3) is 5.91 Å². The Morgan fingerprint density at radius 2 is 1.96 bits per heavy atom. The van der Waals surface area contributed by atoms with Crippen LogP contribution in [0.5, 0.6) is 0 Å². The van der Waals surface area contributed by atoms with E-state index < -0.39 is 29.2 Å². The third kappa shape index (κ3) is 4.36. The molecule has 1 amide bonds. The van der Waals surface area contributed by atoms with Gasteiger partial charge in [-0.1, -0.05) is 33.6 Å². The van der Waals surface area contributed by atoms with Crippen LogP contribution in [0.3, 0.4) is 0 Å². The van der Waals surface area contributed by atoms with Gasteiger partial charge >= 0.3 is 6.18 Å². The van der Waals surface area contributed by atoms with Crippen molar-refractivity contribution >= 4 is 33.4 Å². The van der Waals surface area contributed by atoms with Crippen LogP contribution in [-0.2, 0) is 12.7 Å². The second-order valence-corrected chi connectivity index (χ2v) is 7.07. The van der Waals surface area contributed by atoms with Crippen molar-refractivity contribution in [3.8, 4) is 5.69 Å². The van der Waals surface area contributed by atoms with Gasteiger partial charge in [-0.15, -0.1) is 0 Å². The average Bonchev–Trinajstić information content (AvgIpc) is 3.08. The van der Waals surface area contributed by atoms with Crippen LogP contribution in [0.25, 0.3) is 5.69 Å². The molecule has 0 atom stereocenters. The smallest absolute Gasteiger partial charge is 0.348 e. The molecule has 0 spiro atoms. The first kappa shape index (κ1) is 20.3. The SMILES string of the molecule is O=C(NCc1cc(Br)ccc1F)c1cnn(-c2cccc(Cl)c2)c1C(F)(F)F. The summed E-state index contributed by atoms with van der Waals surface area (Å²) in [6, 6.07) is 9.73. The molecule has 0 saturated carbocycles. The standard InChI is InChI=1S/C18H11BrClF4N3O/c19-11-4-5-15(21)10(6-11)8-25-17(28)14-9-26-27(16(14)18(22,23)24)13-3-1-2-12(20)7-13/h1-7,9H,8H2,(H,25,28). The van der Waals surface area contributed by atoms with Gasteiger partial charge in [-0.3, -0.25) is 4.79 Å². The quantitative estimate of drug-likeness (QED) is 0.514. The molecule has 146 valence electrons. The molecule has 28 heavy (non-hydrogen) atoms. The number of amides is 1. The number of carbonyl (C=O) groups is 1. The van der Waals surface area contributed by atoms with Crippen LogP contribution in [-0.4, -0.2) is 15.7 Å². The maximum absolute atomic E-state index is 13.8. The van der Waals surface area contributed by atoms with Gasteiger partial charge in [0.2, 0.25) is 0 Å². The van der Waals surface area contributed by atoms with Gasteiger partial charge < -0.3 is 5.32 Å². The summed E-state index contributed by atoms with van der Waals surface area (Å²) in [5.74, 6) is -1.62. The molecule has 0 unspecified atom stereocenters. The van der Waals surface area contributed by atoms with Gasteiger partial charge in [0.05, 0.1) is 17.4 Å². The van der Waals surface area contributed by atoms with Gasteiger partial charge in [0.15, 0.2) is 5.69 Å². The Hall–Kier alpha value is -2.39. The number of aromatic nitrogens is 2. The number of halogens is 6. The number of rotatable bonds is 4. The van der Waals surface area contributed by atoms with Gasteiger partial charge in [-0.2, -0.15) is 18.3 Å². The molecular formula is C18H11BrClF4N3O. The Morgan fingerprint density at radius 1 is 1.21 bits per heavy atom. The molecule has 4 nitrogen and oxygen atoms in total. The Balaban J connectivity index is 1.93. The lowest BCUT2D eigenvalue weighted by atomic mass is 10.2. The summed E-state index contributed by atoms with van der Waals surface area (Å²) in [5, 5.41) is 6.21. The molecule has 10 heteroatoms. The zero-order chi connectivity index (χ0) is 20.5. The summed E-state index contributed by atoms with van der Waals surface area (Å²) in [6.07, 6.45) is -4.04. The van der Waals surface area contributed by atoms with E-state index in [1.165, 1.54) is 42.5 Å². The zero-order valence-electron chi connectivity index (χ0n) is 13.9. The van der Waals surface area contributed by atoms with E-state index in [1.54, 1.807) is 0 Å². The molecule has 3 aromatic rings. The number of carbonyl (C=O) groups excluding carboxylic acids is 1. The molecule has 1 N–H and O–H groups in total. The zero-order valence-corrected chi connectivity index (χ0v) is 16.2. The molecular weight excluding hydrogens is 466 g/mol. The minimum Gasteiger partial charge on any atom is -0.348 e. The van der Waals surface area contributed by atoms with Crippen LogP contribution in [0.1, 0.15) is 21.6 Å². The van der Waals surface area contributed by atoms with Crippen molar-refractivity contribution in [3.63, 3.8) is 0 Å². The maximum atomic E-state index is 13.8. The minimum absolute atomic E-state index is 0.0527. The summed E-state index contributed by atoms with van der Waals surface area (Å²) >= 11 is 9.00. The van der Waals surface area contributed by atoms with E-state index in [0.29, 0.717) is 9.15 Å². The summed E-state index contributed by atoms with van der Waals surface area (Å²) < 4.78 is 55.8. The molecule has 1 heterocycles. The highest BCUT2D eigenvalue weighted by atomic mass is 79.9. The number of nitrogens with zero attached hydrogens (tertiary/aromatic N) is 2. The predicted molar refractivity (Wildman–Crippen MR) is 98.8 cm³/mol. The molecule has 3 rings (SSSR count). The van der Waals surface area contributed by atoms with Gasteiger partial charge in [-0.05, 0) is 36.4 Å². The van der Waals surface area contributed by atoms with Crippen molar-refractivity contribution < 1.29 is 22.4 Å². The van der Waals surface area contributed by atoms with Crippen LogP contribution in [0.4, 0.5) is 17.6 Å². The summed E-state index contributed by atoms with van der Waals surface area (Å²) in [6.45, 7) is -0.288. The van der Waals surface area contributed by atoms with Crippen molar-refractivity contribution in [2.75, 3.05) is 0 Å². The lowest BCUT2D eigenvalue weighted by Crippen LogP contribution is -2.26. The fourth-order valence-corrected chi connectivity index (χ4v) is 3.13. The highest BCUT2D eigenvalue weighted by Gasteiger charge is 2.40. The van der Waals surface area contributed by atoms with E-state index in [2.05, 4.69) is 26.3 Å². The summed E-state index contributed by atoms with van der Waals surface area (Å²) in [5.41, 5.74) is -1.75. The topological polar surface area (TPSA) is 46.9 Å². The monoisotopic (exact) mass is 475 g/mol. The molecule has 0 fully saturated rings. The molecule has 1 aromatic heterocycles. The van der Waals surface area contributed by atoms with Crippen molar-refractivity contribution in [3.05, 3.63) is 80.8 Å². The largest absolute Gasteiger partial charge is 0.434 e. The Morgan fingerprint density at radius 3 is 2.64 bits per heavy atom. The van der Waals surface area contributed by atoms with Gasteiger partial charge in [0.1, 0.15) is 5.82 Å². The minimum atomic E-state index is -4.85. The van der Waals surface area contributed by atoms with E-state index in [-0.39, 0.29) is 22.8 Å². The van der Waals surface area contributed by atoms with Crippen LogP contribution in [0.2, 0.25) is 5.02 Å². The number of nitrogens with one attached hydrogen (secondary N) is 1. The van der Waals surface area contributed by atoms with E-state index in [4.69, 9.17) is 11.6 Å². The van der Waals surface area contributed by atoms with Crippen LogP contribution in [0.15, 0.2) is 53.1 Å². The normalized spacial score (nSPS) is 11.5. The molecule has 0 aliphatic carbocycles. The van der Waals surface area contributed by atoms with Crippen molar-refractivity contribution in [1.82, 2.24) is 15.1 Å². The second-order valence-electron chi connectivity index (χ2n) is 5.71. The molecule has 0 aliphatic heterocycles. The Bertz CT molecular complexity index is 1040. The third-order valence-electron chi connectivity index (χ3n) is 3.78. The average molecular weight is 477 g/mol. The third-order valence-corrected chi connectivity index (χ3v) is 4.51. The summed E-state index contributed by atoms with van der Waals surface area (Å²) in [7, 11) is 0. The highest BCUT2D eigenvalue weighted by molar-refractivity contribution is 9.10. The fraction of sp³-hybridized carbons (Fsp3) is 0.111.